The number of benzene rings is 1. The van der Waals surface area contributed by atoms with E-state index in [9.17, 15) is 9.90 Å². The number of carbonyl (C=O) groups excluding carboxylic acids is 1. The highest BCUT2D eigenvalue weighted by atomic mass is 16.5. The SMILES string of the molecule is CCC(C)OC=O.CCCCOc1ccc2cncc(O)c2c1. The van der Waals surface area contributed by atoms with E-state index in [1.165, 1.54) is 6.20 Å². The van der Waals surface area contributed by atoms with Crippen molar-refractivity contribution in [3.8, 4) is 11.5 Å². The zero-order valence-electron chi connectivity index (χ0n) is 14.0. The smallest absolute Gasteiger partial charge is 0.293 e. The normalized spacial score (nSPS) is 11.3. The maximum Gasteiger partial charge on any atom is 0.293 e. The van der Waals surface area contributed by atoms with Gasteiger partial charge in [-0.3, -0.25) is 9.78 Å². The lowest BCUT2D eigenvalue weighted by molar-refractivity contribution is -0.132. The number of ether oxygens (including phenoxy) is 2. The Hall–Kier alpha value is -2.30. The lowest BCUT2D eigenvalue weighted by atomic mass is 10.1. The van der Waals surface area contributed by atoms with Crippen LogP contribution in [0.5, 0.6) is 11.5 Å². The summed E-state index contributed by atoms with van der Waals surface area (Å²) < 4.78 is 10.1. The standard InChI is InChI=1S/C13H15NO2.C5H10O2/c1-2-3-6-16-11-5-4-10-8-14-9-13(15)12(10)7-11;1-3-5(2)7-4-6/h4-5,7-9,15H,2-3,6H2,1H3;4-5H,3H2,1-2H3. The van der Waals surface area contributed by atoms with Gasteiger partial charge in [0.05, 0.1) is 18.9 Å². The third kappa shape index (κ3) is 6.55. The third-order valence-electron chi connectivity index (χ3n) is 3.34. The Morgan fingerprint density at radius 2 is 2.09 bits per heavy atom. The monoisotopic (exact) mass is 319 g/mol. The van der Waals surface area contributed by atoms with E-state index in [0.717, 1.165) is 35.8 Å². The van der Waals surface area contributed by atoms with Gasteiger partial charge >= 0.3 is 0 Å². The van der Waals surface area contributed by atoms with Crippen LogP contribution in [0.15, 0.2) is 30.6 Å². The fourth-order valence-electron chi connectivity index (χ4n) is 1.74. The van der Waals surface area contributed by atoms with Crippen LogP contribution in [0.4, 0.5) is 0 Å². The number of aromatic hydroxyl groups is 1. The molecule has 126 valence electrons. The van der Waals surface area contributed by atoms with Gasteiger partial charge in [0.2, 0.25) is 0 Å². The average Bonchev–Trinajstić information content (AvgIpc) is 2.56. The van der Waals surface area contributed by atoms with Crippen LogP contribution in [0.1, 0.15) is 40.0 Å². The van der Waals surface area contributed by atoms with Crippen LogP contribution < -0.4 is 4.74 Å². The van der Waals surface area contributed by atoms with E-state index in [0.29, 0.717) is 13.1 Å². The molecule has 1 aromatic carbocycles. The fraction of sp³-hybridized carbons (Fsp3) is 0.444. The van der Waals surface area contributed by atoms with Crippen LogP contribution in [0.2, 0.25) is 0 Å². The largest absolute Gasteiger partial charge is 0.506 e. The lowest BCUT2D eigenvalue weighted by Gasteiger charge is -2.07. The van der Waals surface area contributed by atoms with Crippen LogP contribution in [-0.4, -0.2) is 29.3 Å². The molecule has 0 amide bonds. The average molecular weight is 319 g/mol. The third-order valence-corrected chi connectivity index (χ3v) is 3.34. The van der Waals surface area contributed by atoms with Crippen molar-refractivity contribution in [3.05, 3.63) is 30.6 Å². The van der Waals surface area contributed by atoms with Crippen molar-refractivity contribution >= 4 is 17.2 Å². The molecule has 0 saturated carbocycles. The second-order valence-corrected chi connectivity index (χ2v) is 5.19. The van der Waals surface area contributed by atoms with Crippen molar-refractivity contribution in [2.45, 2.75) is 46.1 Å². The molecule has 0 saturated heterocycles. The summed E-state index contributed by atoms with van der Waals surface area (Å²) in [6, 6.07) is 5.66. The minimum atomic E-state index is 0.0810. The molecule has 0 fully saturated rings. The van der Waals surface area contributed by atoms with Gasteiger partial charge in [0.1, 0.15) is 11.5 Å². The minimum absolute atomic E-state index is 0.0810. The molecule has 2 aromatic rings. The number of nitrogens with zero attached hydrogens (tertiary/aromatic N) is 1. The summed E-state index contributed by atoms with van der Waals surface area (Å²) in [5.74, 6) is 0.987. The van der Waals surface area contributed by atoms with Crippen LogP contribution >= 0.6 is 0 Å². The van der Waals surface area contributed by atoms with E-state index in [2.05, 4.69) is 16.6 Å². The molecule has 1 unspecified atom stereocenters. The first-order valence-electron chi connectivity index (χ1n) is 7.91. The molecule has 0 aliphatic carbocycles. The van der Waals surface area contributed by atoms with Crippen molar-refractivity contribution in [1.29, 1.82) is 0 Å². The summed E-state index contributed by atoms with van der Waals surface area (Å²) in [5, 5.41) is 11.3. The number of carbonyl (C=O) groups is 1. The first kappa shape index (κ1) is 18.7. The summed E-state index contributed by atoms with van der Waals surface area (Å²) >= 11 is 0. The molecule has 2 rings (SSSR count). The van der Waals surface area contributed by atoms with Crippen LogP contribution in [0.3, 0.4) is 0 Å². The Morgan fingerprint density at radius 3 is 2.70 bits per heavy atom. The molecule has 5 heteroatoms. The molecule has 5 nitrogen and oxygen atoms in total. The van der Waals surface area contributed by atoms with E-state index < -0.39 is 0 Å². The number of aromatic nitrogens is 1. The molecule has 1 aromatic heterocycles. The summed E-state index contributed by atoms with van der Waals surface area (Å²) in [7, 11) is 0. The zero-order chi connectivity index (χ0) is 17.1. The molecule has 0 aliphatic rings. The second-order valence-electron chi connectivity index (χ2n) is 5.19. The zero-order valence-corrected chi connectivity index (χ0v) is 14.0. The fourth-order valence-corrected chi connectivity index (χ4v) is 1.74. The minimum Gasteiger partial charge on any atom is -0.506 e. The summed E-state index contributed by atoms with van der Waals surface area (Å²) in [6.45, 7) is 7.14. The Balaban J connectivity index is 0.000000322. The van der Waals surface area contributed by atoms with Gasteiger partial charge in [0.15, 0.2) is 0 Å². The lowest BCUT2D eigenvalue weighted by Crippen LogP contribution is -2.03. The molecule has 1 heterocycles. The van der Waals surface area contributed by atoms with Gasteiger partial charge < -0.3 is 14.6 Å². The highest BCUT2D eigenvalue weighted by Gasteiger charge is 2.02. The van der Waals surface area contributed by atoms with E-state index >= 15 is 0 Å². The van der Waals surface area contributed by atoms with Crippen LogP contribution in [0, 0.1) is 0 Å². The van der Waals surface area contributed by atoms with Crippen molar-refractivity contribution in [1.82, 2.24) is 4.98 Å². The number of fused-ring (bicyclic) bond motifs is 1. The number of rotatable bonds is 7. The van der Waals surface area contributed by atoms with Gasteiger partial charge in [-0.05, 0) is 38.0 Å². The Bertz CT molecular complexity index is 601. The van der Waals surface area contributed by atoms with Gasteiger partial charge in [-0.25, -0.2) is 0 Å². The van der Waals surface area contributed by atoms with Gasteiger partial charge in [-0.15, -0.1) is 0 Å². The Kier molecular flexibility index (Phi) is 8.50. The molecule has 1 N–H and O–H groups in total. The highest BCUT2D eigenvalue weighted by molar-refractivity contribution is 5.88. The molecular weight excluding hydrogens is 294 g/mol. The number of pyridine rings is 1. The predicted octanol–water partition coefficient (Wildman–Crippen LogP) is 4.08. The van der Waals surface area contributed by atoms with E-state index in [-0.39, 0.29) is 11.9 Å². The number of unbranched alkanes of at least 4 members (excludes halogenated alkanes) is 1. The maximum atomic E-state index is 9.65. The van der Waals surface area contributed by atoms with E-state index in [1.807, 2.05) is 32.0 Å². The first-order valence-corrected chi connectivity index (χ1v) is 7.91. The van der Waals surface area contributed by atoms with Crippen molar-refractivity contribution in [2.24, 2.45) is 0 Å². The van der Waals surface area contributed by atoms with Crippen LogP contribution in [0.25, 0.3) is 10.8 Å². The molecule has 0 aliphatic heterocycles. The molecule has 0 bridgehead atoms. The Labute approximate surface area is 137 Å². The van der Waals surface area contributed by atoms with Crippen molar-refractivity contribution in [2.75, 3.05) is 6.61 Å². The van der Waals surface area contributed by atoms with Gasteiger partial charge in [0.25, 0.3) is 6.47 Å². The predicted molar refractivity (Wildman–Crippen MR) is 90.7 cm³/mol. The van der Waals surface area contributed by atoms with Crippen molar-refractivity contribution < 1.29 is 19.4 Å². The van der Waals surface area contributed by atoms with Crippen LogP contribution in [-0.2, 0) is 9.53 Å². The van der Waals surface area contributed by atoms with Crippen molar-refractivity contribution in [3.63, 3.8) is 0 Å². The summed E-state index contributed by atoms with van der Waals surface area (Å²) in [6.07, 6.45) is 6.29. The van der Waals surface area contributed by atoms with Gasteiger partial charge in [-0.2, -0.15) is 0 Å². The quantitative estimate of drug-likeness (QED) is 0.615. The van der Waals surface area contributed by atoms with Gasteiger partial charge in [0, 0.05) is 17.0 Å². The number of hydrogen-bond donors (Lipinski definition) is 1. The molecular formula is C18H25NO4. The Morgan fingerprint density at radius 1 is 1.30 bits per heavy atom. The van der Waals surface area contributed by atoms with E-state index in [4.69, 9.17) is 4.74 Å². The molecule has 0 radical (unpaired) electrons. The molecule has 23 heavy (non-hydrogen) atoms. The first-order chi connectivity index (χ1) is 11.1. The van der Waals surface area contributed by atoms with E-state index in [1.54, 1.807) is 6.20 Å². The summed E-state index contributed by atoms with van der Waals surface area (Å²) in [5.41, 5.74) is 0. The molecule has 0 spiro atoms. The second kappa shape index (κ2) is 10.4. The highest BCUT2D eigenvalue weighted by Crippen LogP contribution is 2.27. The number of hydrogen-bond acceptors (Lipinski definition) is 5. The van der Waals surface area contributed by atoms with Gasteiger partial charge in [-0.1, -0.05) is 20.3 Å². The molecule has 1 atom stereocenters. The summed E-state index contributed by atoms with van der Waals surface area (Å²) in [4.78, 5) is 13.5. The topological polar surface area (TPSA) is 68.7 Å². The maximum absolute atomic E-state index is 9.65.